The number of nitrogens with zero attached hydrogens (tertiary/aromatic N) is 3. The van der Waals surface area contributed by atoms with Crippen molar-refractivity contribution in [2.75, 3.05) is 6.61 Å². The molecule has 4 rings (SSSR count). The van der Waals surface area contributed by atoms with Gasteiger partial charge in [0, 0.05) is 24.7 Å². The molecule has 2 aromatic heterocycles. The molecule has 0 radical (unpaired) electrons. The third-order valence-electron chi connectivity index (χ3n) is 4.90. The maximum atomic E-state index is 12.8. The van der Waals surface area contributed by atoms with Gasteiger partial charge in [-0.25, -0.2) is 4.68 Å². The first-order valence-electron chi connectivity index (χ1n) is 9.24. The first kappa shape index (κ1) is 18.5. The maximum absolute atomic E-state index is 12.8. The summed E-state index contributed by atoms with van der Waals surface area (Å²) in [6, 6.07) is 9.04. The molecule has 0 fully saturated rings. The van der Waals surface area contributed by atoms with E-state index >= 15 is 0 Å². The highest BCUT2D eigenvalue weighted by Crippen LogP contribution is 2.37. The van der Waals surface area contributed by atoms with Gasteiger partial charge in [0.15, 0.2) is 0 Å². The Bertz CT molecular complexity index is 978. The van der Waals surface area contributed by atoms with Crippen molar-refractivity contribution in [3.05, 3.63) is 65.1 Å². The number of pyridine rings is 1. The van der Waals surface area contributed by atoms with Crippen LogP contribution < -0.4 is 4.74 Å². The SMILES string of the molecule is Cc1nn2c(c1-c1cccnc1Cc1ccc(C(F)(F)F)cc1)OCCCC2. The van der Waals surface area contributed by atoms with E-state index in [-0.39, 0.29) is 0 Å². The summed E-state index contributed by atoms with van der Waals surface area (Å²) < 4.78 is 46.3. The van der Waals surface area contributed by atoms with Gasteiger partial charge >= 0.3 is 6.18 Å². The van der Waals surface area contributed by atoms with Crippen LogP contribution in [0.3, 0.4) is 0 Å². The summed E-state index contributed by atoms with van der Waals surface area (Å²) in [6.07, 6.45) is -0.217. The molecular weight excluding hydrogens is 367 g/mol. The molecule has 0 unspecified atom stereocenters. The molecule has 3 heterocycles. The highest BCUT2D eigenvalue weighted by Gasteiger charge is 2.30. The lowest BCUT2D eigenvalue weighted by molar-refractivity contribution is -0.137. The summed E-state index contributed by atoms with van der Waals surface area (Å²) >= 11 is 0. The molecule has 0 saturated heterocycles. The van der Waals surface area contributed by atoms with Crippen molar-refractivity contribution in [1.82, 2.24) is 14.8 Å². The number of hydrogen-bond donors (Lipinski definition) is 0. The van der Waals surface area contributed by atoms with Crippen LogP contribution in [0.25, 0.3) is 11.1 Å². The van der Waals surface area contributed by atoms with E-state index in [4.69, 9.17) is 4.74 Å². The Hall–Kier alpha value is -2.83. The van der Waals surface area contributed by atoms with Crippen LogP contribution in [0.1, 0.15) is 35.4 Å². The standard InChI is InChI=1S/C21H20F3N3O/c1-14-19(20-27(26-14)11-2-3-12-28-20)17-5-4-10-25-18(17)13-15-6-8-16(9-7-15)21(22,23)24/h4-10H,2-3,11-13H2,1H3. The molecule has 4 nitrogen and oxygen atoms in total. The van der Waals surface area contributed by atoms with Crippen molar-refractivity contribution in [3.8, 4) is 17.0 Å². The summed E-state index contributed by atoms with van der Waals surface area (Å²) in [5.41, 5.74) is 3.58. The van der Waals surface area contributed by atoms with E-state index in [0.717, 1.165) is 65.5 Å². The quantitative estimate of drug-likeness (QED) is 0.632. The molecule has 0 spiro atoms. The zero-order valence-electron chi connectivity index (χ0n) is 15.5. The Morgan fingerprint density at radius 3 is 2.64 bits per heavy atom. The van der Waals surface area contributed by atoms with Gasteiger partial charge in [-0.15, -0.1) is 0 Å². The third-order valence-corrected chi connectivity index (χ3v) is 4.90. The second-order valence-electron chi connectivity index (χ2n) is 6.91. The van der Waals surface area contributed by atoms with E-state index in [2.05, 4.69) is 10.1 Å². The first-order valence-corrected chi connectivity index (χ1v) is 9.24. The molecule has 0 atom stereocenters. The van der Waals surface area contributed by atoms with Crippen molar-refractivity contribution >= 4 is 0 Å². The van der Waals surface area contributed by atoms with Gasteiger partial charge in [-0.1, -0.05) is 18.2 Å². The van der Waals surface area contributed by atoms with Gasteiger partial charge in [-0.3, -0.25) is 4.98 Å². The van der Waals surface area contributed by atoms with Gasteiger partial charge in [0.1, 0.15) is 0 Å². The van der Waals surface area contributed by atoms with Crippen molar-refractivity contribution in [2.45, 2.75) is 38.9 Å². The Morgan fingerprint density at radius 1 is 1.11 bits per heavy atom. The maximum Gasteiger partial charge on any atom is 0.416 e. The lowest BCUT2D eigenvalue weighted by Crippen LogP contribution is -2.05. The van der Waals surface area contributed by atoms with Crippen molar-refractivity contribution < 1.29 is 17.9 Å². The minimum absolute atomic E-state index is 0.429. The number of benzene rings is 1. The molecule has 3 aromatic rings. The smallest absolute Gasteiger partial charge is 0.416 e. The van der Waals surface area contributed by atoms with Crippen LogP contribution in [0.2, 0.25) is 0 Å². The van der Waals surface area contributed by atoms with E-state index in [1.165, 1.54) is 12.1 Å². The molecule has 1 aliphatic rings. The number of halogens is 3. The predicted octanol–water partition coefficient (Wildman–Crippen LogP) is 5.04. The van der Waals surface area contributed by atoms with Gasteiger partial charge < -0.3 is 4.74 Å². The van der Waals surface area contributed by atoms with E-state index in [0.29, 0.717) is 13.0 Å². The largest absolute Gasteiger partial charge is 0.477 e. The van der Waals surface area contributed by atoms with E-state index < -0.39 is 11.7 Å². The normalized spacial score (nSPS) is 14.3. The van der Waals surface area contributed by atoms with Crippen LogP contribution in [0.15, 0.2) is 42.6 Å². The minimum atomic E-state index is -4.33. The monoisotopic (exact) mass is 387 g/mol. The molecule has 1 aliphatic heterocycles. The fourth-order valence-electron chi connectivity index (χ4n) is 3.51. The van der Waals surface area contributed by atoms with Crippen LogP contribution in [0.5, 0.6) is 5.88 Å². The summed E-state index contributed by atoms with van der Waals surface area (Å²) in [6.45, 7) is 3.40. The fourth-order valence-corrected chi connectivity index (χ4v) is 3.51. The summed E-state index contributed by atoms with van der Waals surface area (Å²) in [5.74, 6) is 0.747. The van der Waals surface area contributed by atoms with Crippen LogP contribution >= 0.6 is 0 Å². The van der Waals surface area contributed by atoms with Crippen LogP contribution in [-0.4, -0.2) is 21.4 Å². The number of fused-ring (bicyclic) bond motifs is 1. The number of aromatic nitrogens is 3. The van der Waals surface area contributed by atoms with Gasteiger partial charge in [-0.2, -0.15) is 18.3 Å². The topological polar surface area (TPSA) is 39.9 Å². The Labute approximate surface area is 161 Å². The lowest BCUT2D eigenvalue weighted by atomic mass is 9.99. The van der Waals surface area contributed by atoms with E-state index in [9.17, 15) is 13.2 Å². The molecule has 1 aromatic carbocycles. The second kappa shape index (κ2) is 7.30. The molecule has 0 N–H and O–H groups in total. The van der Waals surface area contributed by atoms with Crippen LogP contribution in [0, 0.1) is 6.92 Å². The van der Waals surface area contributed by atoms with Crippen LogP contribution in [0.4, 0.5) is 13.2 Å². The number of alkyl halides is 3. The van der Waals surface area contributed by atoms with Crippen molar-refractivity contribution in [2.24, 2.45) is 0 Å². The van der Waals surface area contributed by atoms with Crippen molar-refractivity contribution in [1.29, 1.82) is 0 Å². The van der Waals surface area contributed by atoms with Gasteiger partial charge in [0.05, 0.1) is 29.1 Å². The summed E-state index contributed by atoms with van der Waals surface area (Å²) in [5, 5.41) is 4.61. The average molecular weight is 387 g/mol. The van der Waals surface area contributed by atoms with Gasteiger partial charge in [0.25, 0.3) is 0 Å². The molecule has 0 bridgehead atoms. The summed E-state index contributed by atoms with van der Waals surface area (Å²) in [4.78, 5) is 4.50. The Kier molecular flexibility index (Phi) is 4.83. The highest BCUT2D eigenvalue weighted by atomic mass is 19.4. The Morgan fingerprint density at radius 2 is 1.89 bits per heavy atom. The zero-order chi connectivity index (χ0) is 19.7. The predicted molar refractivity (Wildman–Crippen MR) is 99.2 cm³/mol. The molecule has 0 aliphatic carbocycles. The highest BCUT2D eigenvalue weighted by molar-refractivity contribution is 5.73. The zero-order valence-corrected chi connectivity index (χ0v) is 15.5. The second-order valence-corrected chi connectivity index (χ2v) is 6.91. The number of rotatable bonds is 3. The lowest BCUT2D eigenvalue weighted by Gasteiger charge is -2.12. The number of hydrogen-bond acceptors (Lipinski definition) is 3. The Balaban J connectivity index is 1.70. The molecule has 28 heavy (non-hydrogen) atoms. The molecule has 0 amide bonds. The molecule has 0 saturated carbocycles. The van der Waals surface area contributed by atoms with E-state index in [1.54, 1.807) is 6.20 Å². The van der Waals surface area contributed by atoms with Crippen LogP contribution in [-0.2, 0) is 19.1 Å². The minimum Gasteiger partial charge on any atom is -0.477 e. The molecule has 7 heteroatoms. The third kappa shape index (κ3) is 3.61. The summed E-state index contributed by atoms with van der Waals surface area (Å²) in [7, 11) is 0. The van der Waals surface area contributed by atoms with E-state index in [1.807, 2.05) is 23.7 Å². The van der Waals surface area contributed by atoms with Gasteiger partial charge in [-0.05, 0) is 43.5 Å². The molecular formula is C21H20F3N3O. The fraction of sp³-hybridized carbons (Fsp3) is 0.333. The number of ether oxygens (including phenoxy) is 1. The number of aryl methyl sites for hydroxylation is 2. The molecule has 146 valence electrons. The average Bonchev–Trinajstić information content (AvgIpc) is 2.82. The first-order chi connectivity index (χ1) is 13.4. The van der Waals surface area contributed by atoms with Crippen molar-refractivity contribution in [3.63, 3.8) is 0 Å². The van der Waals surface area contributed by atoms with Gasteiger partial charge in [0.2, 0.25) is 5.88 Å².